The van der Waals surface area contributed by atoms with Crippen molar-refractivity contribution in [2.75, 3.05) is 33.7 Å². The standard InChI is InChI=1S/C26H27N3O2/c1-27-25(30)21-12-8-11-20(17-21)24-18-29(16-15-28(24)2)26(31)23-14-7-6-13-22(23)19-9-4-3-5-10-19/h3-14,17,24H,15-16,18H2,1-2H3,(H,27,30)/t24-/m0/s1. The lowest BCUT2D eigenvalue weighted by Crippen LogP contribution is -2.49. The number of carbonyl (C=O) groups excluding carboxylic acids is 2. The van der Waals surface area contributed by atoms with E-state index in [0.717, 1.165) is 28.8 Å². The van der Waals surface area contributed by atoms with Gasteiger partial charge < -0.3 is 10.2 Å². The summed E-state index contributed by atoms with van der Waals surface area (Å²) in [4.78, 5) is 29.8. The summed E-state index contributed by atoms with van der Waals surface area (Å²) >= 11 is 0. The van der Waals surface area contributed by atoms with Gasteiger partial charge in [-0.05, 0) is 41.9 Å². The van der Waals surface area contributed by atoms with Crippen LogP contribution in [0.1, 0.15) is 32.3 Å². The predicted octanol–water partition coefficient (Wildman–Crippen LogP) is 3.84. The van der Waals surface area contributed by atoms with Crippen molar-refractivity contribution in [2.45, 2.75) is 6.04 Å². The number of carbonyl (C=O) groups is 2. The molecule has 1 aliphatic heterocycles. The lowest BCUT2D eigenvalue weighted by atomic mass is 9.97. The van der Waals surface area contributed by atoms with E-state index in [1.54, 1.807) is 7.05 Å². The molecule has 5 nitrogen and oxygen atoms in total. The molecule has 3 aromatic rings. The first-order chi connectivity index (χ1) is 15.1. The van der Waals surface area contributed by atoms with Crippen LogP contribution in [0.5, 0.6) is 0 Å². The molecule has 1 N–H and O–H groups in total. The summed E-state index contributed by atoms with van der Waals surface area (Å²) in [5.74, 6) is -0.0648. The van der Waals surface area contributed by atoms with E-state index in [1.807, 2.05) is 83.8 Å². The average molecular weight is 414 g/mol. The highest BCUT2D eigenvalue weighted by atomic mass is 16.2. The fourth-order valence-corrected chi connectivity index (χ4v) is 4.16. The summed E-state index contributed by atoms with van der Waals surface area (Å²) in [7, 11) is 3.70. The van der Waals surface area contributed by atoms with E-state index in [2.05, 4.69) is 17.3 Å². The number of likely N-dealkylation sites (N-methyl/N-ethyl adjacent to an activating group) is 1. The molecule has 5 heteroatoms. The summed E-state index contributed by atoms with van der Waals surface area (Å²) in [6.07, 6.45) is 0. The zero-order valence-corrected chi connectivity index (χ0v) is 17.9. The van der Waals surface area contributed by atoms with Crippen molar-refractivity contribution in [2.24, 2.45) is 0 Å². The summed E-state index contributed by atoms with van der Waals surface area (Å²) in [5, 5.41) is 2.68. The van der Waals surface area contributed by atoms with Crippen molar-refractivity contribution in [1.29, 1.82) is 0 Å². The molecule has 1 heterocycles. The van der Waals surface area contributed by atoms with Crippen LogP contribution in [-0.4, -0.2) is 55.3 Å². The Morgan fingerprint density at radius 1 is 0.903 bits per heavy atom. The molecule has 1 aliphatic rings. The molecule has 1 fully saturated rings. The highest BCUT2D eigenvalue weighted by Gasteiger charge is 2.30. The van der Waals surface area contributed by atoms with Crippen molar-refractivity contribution in [3.63, 3.8) is 0 Å². The van der Waals surface area contributed by atoms with Gasteiger partial charge in [-0.3, -0.25) is 14.5 Å². The molecule has 4 rings (SSSR count). The van der Waals surface area contributed by atoms with Crippen LogP contribution in [0.4, 0.5) is 0 Å². The monoisotopic (exact) mass is 413 g/mol. The molecule has 0 radical (unpaired) electrons. The minimum atomic E-state index is -0.106. The number of amides is 2. The maximum absolute atomic E-state index is 13.5. The Labute approximate surface area is 183 Å². The lowest BCUT2D eigenvalue weighted by molar-refractivity contribution is 0.0546. The zero-order valence-electron chi connectivity index (χ0n) is 17.9. The summed E-state index contributed by atoms with van der Waals surface area (Å²) in [6.45, 7) is 2.02. The van der Waals surface area contributed by atoms with Crippen molar-refractivity contribution in [3.05, 3.63) is 95.6 Å². The molecule has 0 bridgehead atoms. The van der Waals surface area contributed by atoms with Crippen LogP contribution in [0, 0.1) is 0 Å². The quantitative estimate of drug-likeness (QED) is 0.707. The van der Waals surface area contributed by atoms with Crippen LogP contribution < -0.4 is 5.32 Å². The van der Waals surface area contributed by atoms with Gasteiger partial charge in [0.05, 0.1) is 6.04 Å². The largest absolute Gasteiger partial charge is 0.355 e. The third-order valence-corrected chi connectivity index (χ3v) is 5.94. The van der Waals surface area contributed by atoms with Gasteiger partial charge in [-0.15, -0.1) is 0 Å². The third kappa shape index (κ3) is 4.37. The Balaban J connectivity index is 1.61. The molecule has 1 saturated heterocycles. The first-order valence-electron chi connectivity index (χ1n) is 10.5. The van der Waals surface area contributed by atoms with Gasteiger partial charge in [-0.1, -0.05) is 60.7 Å². The number of nitrogens with zero attached hydrogens (tertiary/aromatic N) is 2. The average Bonchev–Trinajstić information content (AvgIpc) is 2.84. The smallest absolute Gasteiger partial charge is 0.254 e. The highest BCUT2D eigenvalue weighted by molar-refractivity contribution is 6.01. The van der Waals surface area contributed by atoms with Gasteiger partial charge >= 0.3 is 0 Å². The zero-order chi connectivity index (χ0) is 21.8. The molecule has 0 unspecified atom stereocenters. The fraction of sp³-hybridized carbons (Fsp3) is 0.231. The SMILES string of the molecule is CNC(=O)c1cccc([C@@H]2CN(C(=O)c3ccccc3-c3ccccc3)CCN2C)c1. The van der Waals surface area contributed by atoms with Crippen LogP contribution >= 0.6 is 0 Å². The number of piperazine rings is 1. The number of benzene rings is 3. The van der Waals surface area contributed by atoms with E-state index >= 15 is 0 Å². The van der Waals surface area contributed by atoms with E-state index < -0.39 is 0 Å². The van der Waals surface area contributed by atoms with Crippen molar-refractivity contribution < 1.29 is 9.59 Å². The van der Waals surface area contributed by atoms with Gasteiger partial charge in [-0.25, -0.2) is 0 Å². The Hall–Kier alpha value is -3.44. The predicted molar refractivity (Wildman–Crippen MR) is 123 cm³/mol. The molecule has 0 aromatic heterocycles. The van der Waals surface area contributed by atoms with Gasteiger partial charge in [0.2, 0.25) is 0 Å². The molecule has 0 spiro atoms. The molecule has 3 aromatic carbocycles. The number of hydrogen-bond donors (Lipinski definition) is 1. The molecule has 0 saturated carbocycles. The molecule has 0 aliphatic carbocycles. The Kier molecular flexibility index (Phi) is 6.14. The van der Waals surface area contributed by atoms with Gasteiger partial charge in [0.1, 0.15) is 0 Å². The Morgan fingerprint density at radius 2 is 1.65 bits per heavy atom. The Bertz CT molecular complexity index is 1080. The number of hydrogen-bond acceptors (Lipinski definition) is 3. The van der Waals surface area contributed by atoms with Crippen molar-refractivity contribution >= 4 is 11.8 Å². The number of nitrogens with one attached hydrogen (secondary N) is 1. The summed E-state index contributed by atoms with van der Waals surface area (Å²) in [6, 6.07) is 25.5. The maximum Gasteiger partial charge on any atom is 0.254 e. The molecule has 158 valence electrons. The van der Waals surface area contributed by atoms with Crippen LogP contribution in [0.15, 0.2) is 78.9 Å². The van der Waals surface area contributed by atoms with Crippen LogP contribution in [0.25, 0.3) is 11.1 Å². The minimum absolute atomic E-state index is 0.0335. The van der Waals surface area contributed by atoms with Gasteiger partial charge in [0.25, 0.3) is 11.8 Å². The number of rotatable bonds is 4. The van der Waals surface area contributed by atoms with Crippen molar-refractivity contribution in [1.82, 2.24) is 15.1 Å². The third-order valence-electron chi connectivity index (χ3n) is 5.94. The van der Waals surface area contributed by atoms with Crippen LogP contribution in [0.3, 0.4) is 0 Å². The van der Waals surface area contributed by atoms with Gasteiger partial charge in [-0.2, -0.15) is 0 Å². The van der Waals surface area contributed by atoms with Crippen molar-refractivity contribution in [3.8, 4) is 11.1 Å². The van der Waals surface area contributed by atoms with E-state index in [1.165, 1.54) is 0 Å². The first kappa shape index (κ1) is 20.8. The highest BCUT2D eigenvalue weighted by Crippen LogP contribution is 2.29. The topological polar surface area (TPSA) is 52.7 Å². The summed E-state index contributed by atoms with van der Waals surface area (Å²) in [5.41, 5.74) is 4.38. The normalized spacial score (nSPS) is 16.7. The fourth-order valence-electron chi connectivity index (χ4n) is 4.16. The minimum Gasteiger partial charge on any atom is -0.355 e. The Morgan fingerprint density at radius 3 is 2.42 bits per heavy atom. The lowest BCUT2D eigenvalue weighted by Gasteiger charge is -2.40. The second-order valence-electron chi connectivity index (χ2n) is 7.86. The van der Waals surface area contributed by atoms with Gasteiger partial charge in [0, 0.05) is 37.8 Å². The molecular weight excluding hydrogens is 386 g/mol. The van der Waals surface area contributed by atoms with Gasteiger partial charge in [0.15, 0.2) is 0 Å². The molecular formula is C26H27N3O2. The summed E-state index contributed by atoms with van der Waals surface area (Å²) < 4.78 is 0. The van der Waals surface area contributed by atoms with E-state index in [4.69, 9.17) is 0 Å². The van der Waals surface area contributed by atoms with Crippen LogP contribution in [0.2, 0.25) is 0 Å². The maximum atomic E-state index is 13.5. The van der Waals surface area contributed by atoms with Crippen LogP contribution in [-0.2, 0) is 0 Å². The second-order valence-corrected chi connectivity index (χ2v) is 7.86. The van der Waals surface area contributed by atoms with E-state index in [0.29, 0.717) is 18.7 Å². The van der Waals surface area contributed by atoms with E-state index in [9.17, 15) is 9.59 Å². The second kappa shape index (κ2) is 9.14. The van der Waals surface area contributed by atoms with E-state index in [-0.39, 0.29) is 17.9 Å². The molecule has 2 amide bonds. The molecule has 1 atom stereocenters. The molecule has 31 heavy (non-hydrogen) atoms. The first-order valence-corrected chi connectivity index (χ1v) is 10.5.